The third kappa shape index (κ3) is 3.65. The second-order valence-electron chi connectivity index (χ2n) is 4.92. The molecule has 1 heterocycles. The average molecular weight is 337 g/mol. The fourth-order valence-electron chi connectivity index (χ4n) is 2.37. The van der Waals surface area contributed by atoms with Crippen LogP contribution < -0.4 is 5.32 Å². The van der Waals surface area contributed by atoms with Crippen LogP contribution in [0.2, 0.25) is 10.0 Å². The molecule has 112 valence electrons. The molecule has 20 heavy (non-hydrogen) atoms. The highest BCUT2D eigenvalue weighted by Crippen LogP contribution is 2.28. The van der Waals surface area contributed by atoms with Gasteiger partial charge in [-0.1, -0.05) is 29.3 Å². The molecule has 0 unspecified atom stereocenters. The molecule has 0 saturated carbocycles. The summed E-state index contributed by atoms with van der Waals surface area (Å²) in [5.41, 5.74) is 0.478. The fourth-order valence-corrected chi connectivity index (χ4v) is 4.68. The summed E-state index contributed by atoms with van der Waals surface area (Å²) in [6.45, 7) is 1.08. The highest BCUT2D eigenvalue weighted by Gasteiger charge is 2.28. The van der Waals surface area contributed by atoms with Crippen molar-refractivity contribution in [3.05, 3.63) is 33.8 Å². The lowest BCUT2D eigenvalue weighted by molar-refractivity contribution is 0.298. The Morgan fingerprint density at radius 1 is 1.25 bits per heavy atom. The van der Waals surface area contributed by atoms with Crippen molar-refractivity contribution in [3.63, 3.8) is 0 Å². The molecule has 0 radical (unpaired) electrons. The van der Waals surface area contributed by atoms with Crippen LogP contribution in [0.3, 0.4) is 0 Å². The van der Waals surface area contributed by atoms with Crippen molar-refractivity contribution in [1.29, 1.82) is 0 Å². The van der Waals surface area contributed by atoms with Gasteiger partial charge in [0.25, 0.3) is 0 Å². The Labute approximate surface area is 130 Å². The van der Waals surface area contributed by atoms with Gasteiger partial charge in [-0.2, -0.15) is 0 Å². The molecule has 0 aliphatic carbocycles. The molecule has 1 aromatic rings. The van der Waals surface area contributed by atoms with E-state index in [-0.39, 0.29) is 5.75 Å². The molecule has 2 rings (SSSR count). The van der Waals surface area contributed by atoms with E-state index in [9.17, 15) is 8.42 Å². The normalized spacial score (nSPS) is 18.4. The van der Waals surface area contributed by atoms with Crippen LogP contribution in [0.5, 0.6) is 0 Å². The van der Waals surface area contributed by atoms with Gasteiger partial charge in [-0.25, -0.2) is 12.7 Å². The van der Waals surface area contributed by atoms with E-state index in [4.69, 9.17) is 23.2 Å². The van der Waals surface area contributed by atoms with Crippen LogP contribution in [0.15, 0.2) is 18.2 Å². The molecule has 0 spiro atoms. The van der Waals surface area contributed by atoms with E-state index in [1.807, 2.05) is 7.05 Å². The number of hydrogen-bond acceptors (Lipinski definition) is 3. The topological polar surface area (TPSA) is 49.4 Å². The van der Waals surface area contributed by atoms with E-state index in [1.165, 1.54) is 4.31 Å². The van der Waals surface area contributed by atoms with Crippen LogP contribution in [-0.2, 0) is 15.8 Å². The minimum Gasteiger partial charge on any atom is -0.317 e. The Morgan fingerprint density at radius 2 is 1.80 bits per heavy atom. The van der Waals surface area contributed by atoms with E-state index < -0.39 is 10.0 Å². The number of nitrogens with zero attached hydrogens (tertiary/aromatic N) is 1. The number of benzene rings is 1. The molecule has 0 atom stereocenters. The third-order valence-corrected chi connectivity index (χ3v) is 6.16. The molecule has 7 heteroatoms. The van der Waals surface area contributed by atoms with Crippen LogP contribution >= 0.6 is 23.2 Å². The Balaban J connectivity index is 2.12. The number of sulfonamides is 1. The van der Waals surface area contributed by atoms with Crippen molar-refractivity contribution in [3.8, 4) is 0 Å². The summed E-state index contributed by atoms with van der Waals surface area (Å²) in [6, 6.07) is 5.42. The summed E-state index contributed by atoms with van der Waals surface area (Å²) in [7, 11) is -1.48. The van der Waals surface area contributed by atoms with Gasteiger partial charge in [-0.3, -0.25) is 0 Å². The van der Waals surface area contributed by atoms with Gasteiger partial charge >= 0.3 is 0 Å². The quantitative estimate of drug-likeness (QED) is 0.918. The average Bonchev–Trinajstić information content (AvgIpc) is 2.43. The number of nitrogens with one attached hydrogen (secondary N) is 1. The molecule has 0 amide bonds. The van der Waals surface area contributed by atoms with Crippen LogP contribution in [0, 0.1) is 0 Å². The number of hydrogen-bond donors (Lipinski definition) is 1. The van der Waals surface area contributed by atoms with Crippen molar-refractivity contribution < 1.29 is 8.42 Å². The van der Waals surface area contributed by atoms with Gasteiger partial charge in [0.15, 0.2) is 0 Å². The van der Waals surface area contributed by atoms with Crippen molar-refractivity contribution in [2.45, 2.75) is 24.6 Å². The lowest BCUT2D eigenvalue weighted by Crippen LogP contribution is -2.44. The predicted octanol–water partition coefficient (Wildman–Crippen LogP) is 2.51. The molecule has 0 bridgehead atoms. The second-order valence-corrected chi connectivity index (χ2v) is 7.70. The number of rotatable bonds is 4. The summed E-state index contributed by atoms with van der Waals surface area (Å²) in [6.07, 6.45) is 1.65. The molecule has 4 nitrogen and oxygen atoms in total. The Bertz CT molecular complexity index is 549. The Kier molecular flexibility index (Phi) is 5.31. The van der Waals surface area contributed by atoms with Gasteiger partial charge < -0.3 is 5.32 Å². The predicted molar refractivity (Wildman–Crippen MR) is 82.7 cm³/mol. The number of halogens is 2. The molecule has 1 N–H and O–H groups in total. The first-order chi connectivity index (χ1) is 9.44. The first-order valence-electron chi connectivity index (χ1n) is 6.52. The molecule has 1 fully saturated rings. The smallest absolute Gasteiger partial charge is 0.218 e. The van der Waals surface area contributed by atoms with Crippen molar-refractivity contribution >= 4 is 33.2 Å². The maximum Gasteiger partial charge on any atom is 0.218 e. The lowest BCUT2D eigenvalue weighted by atomic mass is 10.1. The summed E-state index contributed by atoms with van der Waals surface area (Å²) in [5.74, 6) is -0.143. The zero-order chi connectivity index (χ0) is 14.8. The molecular formula is C13H18Cl2N2O2S. The molecule has 1 saturated heterocycles. The standard InChI is InChI=1S/C13H18Cl2N2O2S/c1-16-10-5-7-17(8-6-10)20(18,19)9-11-12(14)3-2-4-13(11)15/h2-4,10,16H,5-9H2,1H3. The van der Waals surface area contributed by atoms with E-state index in [0.717, 1.165) is 12.8 Å². The first-order valence-corrected chi connectivity index (χ1v) is 8.88. The highest BCUT2D eigenvalue weighted by atomic mass is 35.5. The maximum atomic E-state index is 12.4. The third-order valence-electron chi connectivity index (χ3n) is 3.64. The zero-order valence-corrected chi connectivity index (χ0v) is 13.6. The Hall–Kier alpha value is -0.330. The molecule has 1 aliphatic heterocycles. The molecule has 1 aromatic carbocycles. The van der Waals surface area contributed by atoms with E-state index >= 15 is 0 Å². The molecule has 0 aromatic heterocycles. The Morgan fingerprint density at radius 3 is 2.30 bits per heavy atom. The van der Waals surface area contributed by atoms with Gasteiger partial charge in [0, 0.05) is 34.7 Å². The fraction of sp³-hybridized carbons (Fsp3) is 0.538. The van der Waals surface area contributed by atoms with Gasteiger partial charge in [0.2, 0.25) is 10.0 Å². The van der Waals surface area contributed by atoms with Crippen molar-refractivity contribution in [2.24, 2.45) is 0 Å². The first kappa shape index (κ1) is 16.0. The van der Waals surface area contributed by atoms with Crippen molar-refractivity contribution in [2.75, 3.05) is 20.1 Å². The van der Waals surface area contributed by atoms with E-state index in [2.05, 4.69) is 5.32 Å². The van der Waals surface area contributed by atoms with Crippen LogP contribution in [0.4, 0.5) is 0 Å². The molecule has 1 aliphatic rings. The van der Waals surface area contributed by atoms with Gasteiger partial charge in [-0.05, 0) is 32.0 Å². The zero-order valence-electron chi connectivity index (χ0n) is 11.3. The summed E-state index contributed by atoms with van der Waals surface area (Å²) in [5, 5.41) is 3.97. The monoisotopic (exact) mass is 336 g/mol. The second kappa shape index (κ2) is 6.62. The van der Waals surface area contributed by atoms with Crippen LogP contribution in [-0.4, -0.2) is 38.9 Å². The summed E-state index contributed by atoms with van der Waals surface area (Å²) < 4.78 is 26.4. The van der Waals surface area contributed by atoms with Crippen molar-refractivity contribution in [1.82, 2.24) is 9.62 Å². The van der Waals surface area contributed by atoms with Gasteiger partial charge in [0.05, 0.1) is 5.75 Å². The minimum atomic E-state index is -3.38. The summed E-state index contributed by atoms with van der Waals surface area (Å²) in [4.78, 5) is 0. The largest absolute Gasteiger partial charge is 0.317 e. The van der Waals surface area contributed by atoms with E-state index in [0.29, 0.717) is 34.7 Å². The van der Waals surface area contributed by atoms with Gasteiger partial charge in [-0.15, -0.1) is 0 Å². The maximum absolute atomic E-state index is 12.4. The summed E-state index contributed by atoms with van der Waals surface area (Å²) >= 11 is 12.1. The minimum absolute atomic E-state index is 0.143. The highest BCUT2D eigenvalue weighted by molar-refractivity contribution is 7.88. The van der Waals surface area contributed by atoms with Crippen LogP contribution in [0.1, 0.15) is 18.4 Å². The SMILES string of the molecule is CNC1CCN(S(=O)(=O)Cc2c(Cl)cccc2Cl)CC1. The number of piperidine rings is 1. The lowest BCUT2D eigenvalue weighted by Gasteiger charge is -2.31. The molecular weight excluding hydrogens is 319 g/mol. The van der Waals surface area contributed by atoms with E-state index in [1.54, 1.807) is 18.2 Å². The van der Waals surface area contributed by atoms with Crippen LogP contribution in [0.25, 0.3) is 0 Å². The van der Waals surface area contributed by atoms with Gasteiger partial charge in [0.1, 0.15) is 0 Å².